The van der Waals surface area contributed by atoms with Gasteiger partial charge in [-0.15, -0.1) is 0 Å². The molecule has 108 valence electrons. The molecule has 0 spiro atoms. The van der Waals surface area contributed by atoms with Crippen molar-refractivity contribution < 1.29 is 9.59 Å². The number of thioether (sulfide) groups is 1. The van der Waals surface area contributed by atoms with Crippen LogP contribution in [0, 0.1) is 5.92 Å². The molecule has 2 amide bonds. The summed E-state index contributed by atoms with van der Waals surface area (Å²) in [5.41, 5.74) is -0.0832. The molecule has 0 aromatic rings. The van der Waals surface area contributed by atoms with Crippen LogP contribution in [0.2, 0.25) is 0 Å². The third-order valence-electron chi connectivity index (χ3n) is 4.15. The molecule has 2 heterocycles. The van der Waals surface area contributed by atoms with Crippen molar-refractivity contribution in [2.45, 2.75) is 63.3 Å². The van der Waals surface area contributed by atoms with E-state index in [0.717, 1.165) is 25.0 Å². The molecule has 19 heavy (non-hydrogen) atoms. The summed E-state index contributed by atoms with van der Waals surface area (Å²) in [4.78, 5) is 23.0. The predicted molar refractivity (Wildman–Crippen MR) is 78.4 cm³/mol. The van der Waals surface area contributed by atoms with Gasteiger partial charge in [-0.05, 0) is 19.8 Å². The smallest absolute Gasteiger partial charge is 0.315 e. The maximum Gasteiger partial charge on any atom is 0.315 e. The second-order valence-electron chi connectivity index (χ2n) is 6.21. The van der Waals surface area contributed by atoms with Crippen LogP contribution in [0.15, 0.2) is 0 Å². The van der Waals surface area contributed by atoms with Crippen molar-refractivity contribution in [3.05, 3.63) is 0 Å². The van der Waals surface area contributed by atoms with Gasteiger partial charge < -0.3 is 10.6 Å². The van der Waals surface area contributed by atoms with Crippen molar-refractivity contribution in [2.75, 3.05) is 5.75 Å². The summed E-state index contributed by atoms with van der Waals surface area (Å²) in [6.07, 6.45) is 3.82. The number of urea groups is 1. The van der Waals surface area contributed by atoms with Crippen LogP contribution in [0.4, 0.5) is 4.79 Å². The van der Waals surface area contributed by atoms with Crippen LogP contribution in [0.1, 0.15) is 46.5 Å². The lowest BCUT2D eigenvalue weighted by Crippen LogP contribution is -2.47. The summed E-state index contributed by atoms with van der Waals surface area (Å²) in [7, 11) is 0. The molecule has 0 radical (unpaired) electrons. The van der Waals surface area contributed by atoms with Crippen molar-refractivity contribution in [3.8, 4) is 0 Å². The van der Waals surface area contributed by atoms with E-state index in [0.29, 0.717) is 17.5 Å². The number of carbonyl (C=O) groups is 2. The van der Waals surface area contributed by atoms with Crippen LogP contribution in [0.5, 0.6) is 0 Å². The van der Waals surface area contributed by atoms with Crippen molar-refractivity contribution in [2.24, 2.45) is 5.92 Å². The third kappa shape index (κ3) is 3.25. The zero-order valence-corrected chi connectivity index (χ0v) is 12.8. The number of Topliss-reactive ketones (excluding diaryl/α,β-unsaturated/α-hetero) is 1. The number of hydrogen-bond donors (Lipinski definition) is 2. The Balaban J connectivity index is 1.73. The average Bonchev–Trinajstić information content (AvgIpc) is 2.77. The van der Waals surface area contributed by atoms with Gasteiger partial charge in [0.05, 0.1) is 11.6 Å². The first-order valence-electron chi connectivity index (χ1n) is 7.15. The maximum atomic E-state index is 11.5. The zero-order chi connectivity index (χ0) is 14.0. The average molecular weight is 284 g/mol. The Morgan fingerprint density at radius 1 is 1.47 bits per heavy atom. The molecule has 2 rings (SSSR count). The molecule has 0 aromatic heterocycles. The lowest BCUT2D eigenvalue weighted by Gasteiger charge is -2.23. The first kappa shape index (κ1) is 14.7. The van der Waals surface area contributed by atoms with Gasteiger partial charge in [0.25, 0.3) is 0 Å². The second-order valence-corrected chi connectivity index (χ2v) is 7.44. The van der Waals surface area contributed by atoms with E-state index < -0.39 is 0 Å². The molecule has 0 aromatic carbocycles. The van der Waals surface area contributed by atoms with Crippen LogP contribution < -0.4 is 10.6 Å². The van der Waals surface area contributed by atoms with Crippen LogP contribution in [-0.2, 0) is 4.79 Å². The third-order valence-corrected chi connectivity index (χ3v) is 5.85. The van der Waals surface area contributed by atoms with Gasteiger partial charge in [-0.2, -0.15) is 11.8 Å². The molecule has 0 unspecified atom stereocenters. The highest BCUT2D eigenvalue weighted by atomic mass is 32.2. The molecule has 2 saturated heterocycles. The van der Waals surface area contributed by atoms with E-state index in [-0.39, 0.29) is 23.5 Å². The van der Waals surface area contributed by atoms with Gasteiger partial charge in [0, 0.05) is 23.3 Å². The Morgan fingerprint density at radius 3 is 2.89 bits per heavy atom. The van der Waals surface area contributed by atoms with Crippen LogP contribution in [0.3, 0.4) is 0 Å². The fraction of sp³-hybridized carbons (Fsp3) is 0.857. The molecule has 5 heteroatoms. The Kier molecular flexibility index (Phi) is 4.43. The molecular weight excluding hydrogens is 260 g/mol. The molecule has 2 aliphatic heterocycles. The predicted octanol–water partition coefficient (Wildman–Crippen LogP) is 2.33. The largest absolute Gasteiger partial charge is 0.332 e. The lowest BCUT2D eigenvalue weighted by molar-refractivity contribution is -0.122. The lowest BCUT2D eigenvalue weighted by atomic mass is 9.91. The highest BCUT2D eigenvalue weighted by Gasteiger charge is 2.51. The summed E-state index contributed by atoms with van der Waals surface area (Å²) in [6.45, 7) is 6.03. The maximum absolute atomic E-state index is 11.5. The van der Waals surface area contributed by atoms with Gasteiger partial charge >= 0.3 is 6.03 Å². The summed E-state index contributed by atoms with van der Waals surface area (Å²) in [6, 6.07) is 0.207. The molecule has 3 atom stereocenters. The fourth-order valence-corrected chi connectivity index (χ4v) is 4.57. The van der Waals surface area contributed by atoms with E-state index in [1.165, 1.54) is 0 Å². The monoisotopic (exact) mass is 284 g/mol. The van der Waals surface area contributed by atoms with Gasteiger partial charge in [0.2, 0.25) is 0 Å². The molecule has 0 aliphatic carbocycles. The van der Waals surface area contributed by atoms with Crippen molar-refractivity contribution in [1.29, 1.82) is 0 Å². The van der Waals surface area contributed by atoms with Crippen molar-refractivity contribution in [3.63, 3.8) is 0 Å². The topological polar surface area (TPSA) is 58.2 Å². The first-order valence-corrected chi connectivity index (χ1v) is 8.20. The minimum Gasteiger partial charge on any atom is -0.332 e. The van der Waals surface area contributed by atoms with E-state index in [1.807, 2.05) is 25.6 Å². The minimum atomic E-state index is -0.0832. The number of rotatable bonds is 6. The van der Waals surface area contributed by atoms with E-state index in [2.05, 4.69) is 17.6 Å². The summed E-state index contributed by atoms with van der Waals surface area (Å²) >= 11 is 1.94. The van der Waals surface area contributed by atoms with Crippen molar-refractivity contribution >= 4 is 23.6 Å². The van der Waals surface area contributed by atoms with Crippen LogP contribution in [-0.4, -0.2) is 34.4 Å². The molecule has 0 saturated carbocycles. The molecule has 4 nitrogen and oxygen atoms in total. The SMILES string of the molecule is CC(C)C(=O)CCCC[C@@H]1SC[C@]2(C)NC(=O)N[C@H]12. The highest BCUT2D eigenvalue weighted by Crippen LogP contribution is 2.39. The van der Waals surface area contributed by atoms with Crippen LogP contribution in [0.25, 0.3) is 0 Å². The summed E-state index contributed by atoms with van der Waals surface area (Å²) in [5, 5.41) is 6.54. The summed E-state index contributed by atoms with van der Waals surface area (Å²) in [5.74, 6) is 1.49. The first-order chi connectivity index (χ1) is 8.92. The number of carbonyl (C=O) groups excluding carboxylic acids is 2. The van der Waals surface area contributed by atoms with Gasteiger partial charge in [-0.3, -0.25) is 4.79 Å². The van der Waals surface area contributed by atoms with Gasteiger partial charge in [-0.1, -0.05) is 20.3 Å². The Hall–Kier alpha value is -0.710. The van der Waals surface area contributed by atoms with Gasteiger partial charge in [-0.25, -0.2) is 4.79 Å². The van der Waals surface area contributed by atoms with E-state index in [4.69, 9.17) is 0 Å². The molecular formula is C14H24N2O2S. The summed E-state index contributed by atoms with van der Waals surface area (Å²) < 4.78 is 0. The van der Waals surface area contributed by atoms with Crippen LogP contribution >= 0.6 is 11.8 Å². The zero-order valence-electron chi connectivity index (χ0n) is 12.0. The van der Waals surface area contributed by atoms with Gasteiger partial charge in [0.1, 0.15) is 5.78 Å². The Labute approximate surface area is 119 Å². The molecule has 0 bridgehead atoms. The number of amides is 2. The Bertz CT molecular complexity index is 372. The molecule has 2 N–H and O–H groups in total. The van der Waals surface area contributed by atoms with Crippen molar-refractivity contribution in [1.82, 2.24) is 10.6 Å². The number of unbranched alkanes of at least 4 members (excludes halogenated alkanes) is 1. The normalized spacial score (nSPS) is 33.2. The second kappa shape index (κ2) is 5.73. The quantitative estimate of drug-likeness (QED) is 0.581. The fourth-order valence-electron chi connectivity index (χ4n) is 2.86. The number of fused-ring (bicyclic) bond motifs is 1. The number of nitrogens with one attached hydrogen (secondary N) is 2. The van der Waals surface area contributed by atoms with Gasteiger partial charge in [0.15, 0.2) is 0 Å². The standard InChI is InChI=1S/C14H24N2O2S/c1-9(2)10(17)6-4-5-7-11-12-14(3,8-19-11)16-13(18)15-12/h9,11-12H,4-8H2,1-3H3,(H2,15,16,18)/t11-,12+,14-/m0/s1. The Morgan fingerprint density at radius 2 is 2.21 bits per heavy atom. The highest BCUT2D eigenvalue weighted by molar-refractivity contribution is 8.00. The number of hydrogen-bond acceptors (Lipinski definition) is 3. The van der Waals surface area contributed by atoms with E-state index in [1.54, 1.807) is 0 Å². The van der Waals surface area contributed by atoms with E-state index >= 15 is 0 Å². The molecule has 2 aliphatic rings. The number of ketones is 1. The molecule has 2 fully saturated rings. The minimum absolute atomic E-state index is 0.0345. The van der Waals surface area contributed by atoms with E-state index in [9.17, 15) is 9.59 Å².